The first kappa shape index (κ1) is 26.0. The molecule has 2 amide bonds. The van der Waals surface area contributed by atoms with E-state index in [9.17, 15) is 35.9 Å². The summed E-state index contributed by atoms with van der Waals surface area (Å²) in [6, 6.07) is 9.23. The van der Waals surface area contributed by atoms with Crippen LogP contribution in [0.1, 0.15) is 33.5 Å². The van der Waals surface area contributed by atoms with E-state index in [2.05, 4.69) is 0 Å². The van der Waals surface area contributed by atoms with E-state index < -0.39 is 46.9 Å². The second kappa shape index (κ2) is 10.1. The monoisotopic (exact) mass is 514 g/mol. The standard InChI is InChI=1S/C25H24F6N2O3/c26-24(27,28)18-12-17(13-19(14-18)25(29,30)31)22(34)33(7-6-16-4-2-1-3-5-16)21-15-20(21)23(35)32-8-10-36-11-9-32/h1-5,12-14,20-21H,6-11,15H2/t20-,21-/m1/s1. The number of alkyl halides is 6. The SMILES string of the molecule is O=C([C@@H]1C[C@H]1N(CCc1ccccc1)C(=O)c1cc(C(F)(F)F)cc(C(F)(F)F)c1)N1CCOCC1. The van der Waals surface area contributed by atoms with Crippen LogP contribution in [0.4, 0.5) is 26.3 Å². The van der Waals surface area contributed by atoms with Crippen LogP contribution >= 0.6 is 0 Å². The van der Waals surface area contributed by atoms with Crippen LogP contribution in [0.15, 0.2) is 48.5 Å². The van der Waals surface area contributed by atoms with Crippen LogP contribution in [0.5, 0.6) is 0 Å². The molecule has 1 aliphatic carbocycles. The fourth-order valence-electron chi connectivity index (χ4n) is 4.37. The minimum Gasteiger partial charge on any atom is -0.378 e. The lowest BCUT2D eigenvalue weighted by Gasteiger charge is -2.28. The van der Waals surface area contributed by atoms with Crippen LogP contribution in [0.25, 0.3) is 0 Å². The van der Waals surface area contributed by atoms with Gasteiger partial charge in [0, 0.05) is 31.2 Å². The van der Waals surface area contributed by atoms with Crippen LogP contribution in [-0.2, 0) is 28.3 Å². The third kappa shape index (κ3) is 6.00. The molecule has 2 aromatic rings. The van der Waals surface area contributed by atoms with Gasteiger partial charge in [-0.25, -0.2) is 0 Å². The van der Waals surface area contributed by atoms with Crippen molar-refractivity contribution in [2.45, 2.75) is 31.2 Å². The number of hydrogen-bond acceptors (Lipinski definition) is 3. The van der Waals surface area contributed by atoms with E-state index in [0.717, 1.165) is 5.56 Å². The number of carbonyl (C=O) groups is 2. The Bertz CT molecular complexity index is 1060. The molecule has 194 valence electrons. The highest BCUT2D eigenvalue weighted by molar-refractivity contribution is 5.96. The first-order valence-corrected chi connectivity index (χ1v) is 11.5. The quantitative estimate of drug-likeness (QED) is 0.528. The van der Waals surface area contributed by atoms with Gasteiger partial charge in [0.05, 0.1) is 30.3 Å². The third-order valence-corrected chi connectivity index (χ3v) is 6.38. The summed E-state index contributed by atoms with van der Waals surface area (Å²) in [6.45, 7) is 1.58. The first-order chi connectivity index (χ1) is 16.9. The third-order valence-electron chi connectivity index (χ3n) is 6.38. The maximum atomic E-state index is 13.4. The summed E-state index contributed by atoms with van der Waals surface area (Å²) < 4.78 is 85.4. The summed E-state index contributed by atoms with van der Waals surface area (Å²) in [4.78, 5) is 29.2. The van der Waals surface area contributed by atoms with Crippen molar-refractivity contribution in [3.05, 3.63) is 70.8 Å². The Morgan fingerprint density at radius 1 is 0.917 bits per heavy atom. The highest BCUT2D eigenvalue weighted by Gasteiger charge is 2.50. The zero-order chi connectivity index (χ0) is 26.1. The van der Waals surface area contributed by atoms with Gasteiger partial charge in [-0.05, 0) is 36.6 Å². The molecule has 2 atom stereocenters. The molecule has 0 spiro atoms. The van der Waals surface area contributed by atoms with Gasteiger partial charge in [0.1, 0.15) is 0 Å². The molecular weight excluding hydrogens is 490 g/mol. The highest BCUT2D eigenvalue weighted by atomic mass is 19.4. The molecule has 0 aromatic heterocycles. The fraction of sp³-hybridized carbons (Fsp3) is 0.440. The smallest absolute Gasteiger partial charge is 0.378 e. The molecule has 0 bridgehead atoms. The van der Waals surface area contributed by atoms with E-state index in [-0.39, 0.29) is 18.5 Å². The summed E-state index contributed by atoms with van der Waals surface area (Å²) in [6.07, 6.45) is -9.52. The molecule has 1 saturated heterocycles. The Hall–Kier alpha value is -3.08. The minimum absolute atomic E-state index is 0.00697. The molecule has 1 saturated carbocycles. The molecular formula is C25H24F6N2O3. The lowest BCUT2D eigenvalue weighted by molar-refractivity contribution is -0.143. The van der Waals surface area contributed by atoms with E-state index in [4.69, 9.17) is 4.74 Å². The topological polar surface area (TPSA) is 49.9 Å². The van der Waals surface area contributed by atoms with Gasteiger partial charge in [-0.1, -0.05) is 30.3 Å². The zero-order valence-electron chi connectivity index (χ0n) is 19.1. The molecule has 2 aromatic carbocycles. The Morgan fingerprint density at radius 3 is 2.06 bits per heavy atom. The van der Waals surface area contributed by atoms with E-state index in [0.29, 0.717) is 51.3 Å². The molecule has 2 fully saturated rings. The van der Waals surface area contributed by atoms with Crippen LogP contribution in [0.2, 0.25) is 0 Å². The van der Waals surface area contributed by atoms with Crippen molar-refractivity contribution >= 4 is 11.8 Å². The highest BCUT2D eigenvalue weighted by Crippen LogP contribution is 2.40. The first-order valence-electron chi connectivity index (χ1n) is 11.5. The van der Waals surface area contributed by atoms with Gasteiger partial charge in [0.2, 0.25) is 5.91 Å². The van der Waals surface area contributed by atoms with Crippen molar-refractivity contribution in [3.8, 4) is 0 Å². The second-order valence-corrected chi connectivity index (χ2v) is 8.88. The molecule has 11 heteroatoms. The van der Waals surface area contributed by atoms with E-state index in [1.54, 1.807) is 35.2 Å². The average molecular weight is 514 g/mol. The molecule has 1 aliphatic heterocycles. The predicted molar refractivity (Wildman–Crippen MR) is 117 cm³/mol. The van der Waals surface area contributed by atoms with Crippen molar-refractivity contribution in [2.24, 2.45) is 5.92 Å². The molecule has 0 unspecified atom stereocenters. The number of carbonyl (C=O) groups excluding carboxylic acids is 2. The zero-order valence-corrected chi connectivity index (χ0v) is 19.1. The summed E-state index contributed by atoms with van der Waals surface area (Å²) in [7, 11) is 0. The number of amides is 2. The van der Waals surface area contributed by atoms with E-state index in [1.807, 2.05) is 0 Å². The van der Waals surface area contributed by atoms with Crippen molar-refractivity contribution in [1.82, 2.24) is 9.80 Å². The van der Waals surface area contributed by atoms with Gasteiger partial charge in [0.25, 0.3) is 5.91 Å². The van der Waals surface area contributed by atoms with Crippen molar-refractivity contribution in [1.29, 1.82) is 0 Å². The Balaban J connectivity index is 1.62. The summed E-state index contributed by atoms with van der Waals surface area (Å²) in [5, 5.41) is 0. The number of halogens is 6. The number of rotatable bonds is 6. The molecule has 5 nitrogen and oxygen atoms in total. The molecule has 0 radical (unpaired) electrons. The summed E-state index contributed by atoms with van der Waals surface area (Å²) in [5.74, 6) is -1.72. The fourth-order valence-corrected chi connectivity index (χ4v) is 4.37. The van der Waals surface area contributed by atoms with Gasteiger partial charge >= 0.3 is 12.4 Å². The largest absolute Gasteiger partial charge is 0.416 e. The Labute approximate surface area is 203 Å². The summed E-state index contributed by atoms with van der Waals surface area (Å²) >= 11 is 0. The maximum absolute atomic E-state index is 13.4. The number of hydrogen-bond donors (Lipinski definition) is 0. The Morgan fingerprint density at radius 2 is 1.50 bits per heavy atom. The summed E-state index contributed by atoms with van der Waals surface area (Å²) in [5.41, 5.74) is -2.98. The van der Waals surface area contributed by atoms with E-state index >= 15 is 0 Å². The van der Waals surface area contributed by atoms with Crippen molar-refractivity contribution in [2.75, 3.05) is 32.8 Å². The molecule has 0 N–H and O–H groups in total. The molecule has 1 heterocycles. The van der Waals surface area contributed by atoms with Gasteiger partial charge < -0.3 is 14.5 Å². The van der Waals surface area contributed by atoms with Gasteiger partial charge in [-0.3, -0.25) is 9.59 Å². The lowest BCUT2D eigenvalue weighted by atomic mass is 10.0. The number of ether oxygens (including phenoxy) is 1. The van der Waals surface area contributed by atoms with Crippen LogP contribution in [-0.4, -0.2) is 60.5 Å². The molecule has 36 heavy (non-hydrogen) atoms. The van der Waals surface area contributed by atoms with Crippen molar-refractivity contribution in [3.63, 3.8) is 0 Å². The number of morpholine rings is 1. The van der Waals surface area contributed by atoms with E-state index in [1.165, 1.54) is 4.90 Å². The second-order valence-electron chi connectivity index (χ2n) is 8.88. The van der Waals surface area contributed by atoms with Gasteiger partial charge in [0.15, 0.2) is 0 Å². The normalized spacial score (nSPS) is 20.2. The minimum atomic E-state index is -5.07. The average Bonchev–Trinajstić information content (AvgIpc) is 3.64. The van der Waals surface area contributed by atoms with Crippen LogP contribution in [0.3, 0.4) is 0 Å². The Kier molecular flexibility index (Phi) is 7.31. The molecule has 2 aliphatic rings. The van der Waals surface area contributed by atoms with Crippen LogP contribution in [0, 0.1) is 5.92 Å². The van der Waals surface area contributed by atoms with Crippen molar-refractivity contribution < 1.29 is 40.7 Å². The van der Waals surface area contributed by atoms with Gasteiger partial charge in [-0.15, -0.1) is 0 Å². The maximum Gasteiger partial charge on any atom is 0.416 e. The lowest BCUT2D eigenvalue weighted by Crippen LogP contribution is -2.43. The predicted octanol–water partition coefficient (Wildman–Crippen LogP) is 4.66. The number of benzene rings is 2. The van der Waals surface area contributed by atoms with Gasteiger partial charge in [-0.2, -0.15) is 26.3 Å². The number of nitrogens with zero attached hydrogens (tertiary/aromatic N) is 2. The van der Waals surface area contributed by atoms with Crippen LogP contribution < -0.4 is 0 Å². The molecule has 4 rings (SSSR count).